The van der Waals surface area contributed by atoms with E-state index in [9.17, 15) is 9.59 Å². The fourth-order valence-electron chi connectivity index (χ4n) is 4.37. The second-order valence-corrected chi connectivity index (χ2v) is 7.95. The second kappa shape index (κ2) is 6.24. The van der Waals surface area contributed by atoms with Gasteiger partial charge in [-0.25, -0.2) is 0 Å². The third-order valence-corrected chi connectivity index (χ3v) is 6.30. The molecule has 3 atom stereocenters. The summed E-state index contributed by atoms with van der Waals surface area (Å²) < 4.78 is 0. The highest BCUT2D eigenvalue weighted by Crippen LogP contribution is 2.34. The number of piperidine rings is 1. The molecule has 3 aliphatic heterocycles. The van der Waals surface area contributed by atoms with Crippen molar-refractivity contribution in [3.8, 4) is 0 Å². The molecule has 124 valence electrons. The number of nitrogens with zero attached hydrogens (tertiary/aromatic N) is 1. The lowest BCUT2D eigenvalue weighted by Gasteiger charge is -2.36. The van der Waals surface area contributed by atoms with Gasteiger partial charge in [-0.1, -0.05) is 6.07 Å². The first kappa shape index (κ1) is 15.1. The molecule has 2 amide bonds. The topological polar surface area (TPSA) is 61.4 Å². The van der Waals surface area contributed by atoms with Gasteiger partial charge in [0.05, 0.1) is 0 Å². The van der Waals surface area contributed by atoms with Crippen LogP contribution in [0.3, 0.4) is 0 Å². The fraction of sp³-hybridized carbons (Fsp3) is 0.647. The molecule has 1 aromatic rings. The molecular formula is C17H23N3O2S. The van der Waals surface area contributed by atoms with Gasteiger partial charge >= 0.3 is 0 Å². The van der Waals surface area contributed by atoms with Crippen LogP contribution >= 0.6 is 11.3 Å². The van der Waals surface area contributed by atoms with Crippen molar-refractivity contribution in [2.75, 3.05) is 13.1 Å². The van der Waals surface area contributed by atoms with Gasteiger partial charge in [0.25, 0.3) is 0 Å². The van der Waals surface area contributed by atoms with E-state index >= 15 is 0 Å². The summed E-state index contributed by atoms with van der Waals surface area (Å²) in [7, 11) is 0. The second-order valence-electron chi connectivity index (χ2n) is 6.98. The summed E-state index contributed by atoms with van der Waals surface area (Å²) in [6, 6.07) is 4.66. The number of carbonyl (C=O) groups is 2. The third kappa shape index (κ3) is 3.02. The predicted molar refractivity (Wildman–Crippen MR) is 89.1 cm³/mol. The SMILES string of the molecule is O=C1NCCN(C(=O)CC2CC3CCC(C2)N3)C1c1cccs1. The lowest BCUT2D eigenvalue weighted by molar-refractivity contribution is -0.144. The standard InChI is InChI=1S/C17H23N3O2S/c21-15(10-11-8-12-3-4-13(9-11)19-12)20-6-5-18-17(22)16(20)14-2-1-7-23-14/h1-2,7,11-13,16,19H,3-6,8-10H2,(H,18,22). The van der Waals surface area contributed by atoms with Crippen molar-refractivity contribution in [1.82, 2.24) is 15.5 Å². The van der Waals surface area contributed by atoms with Crippen LogP contribution in [-0.2, 0) is 9.59 Å². The highest BCUT2D eigenvalue weighted by atomic mass is 32.1. The molecule has 2 bridgehead atoms. The molecule has 2 N–H and O–H groups in total. The number of nitrogens with one attached hydrogen (secondary N) is 2. The first-order chi connectivity index (χ1) is 11.2. The molecule has 4 heterocycles. The number of thiophene rings is 1. The van der Waals surface area contributed by atoms with Crippen LogP contribution in [0.25, 0.3) is 0 Å². The van der Waals surface area contributed by atoms with E-state index in [1.54, 1.807) is 16.2 Å². The number of hydrogen-bond donors (Lipinski definition) is 2. The van der Waals surface area contributed by atoms with Crippen molar-refractivity contribution in [3.05, 3.63) is 22.4 Å². The summed E-state index contributed by atoms with van der Waals surface area (Å²) in [4.78, 5) is 27.9. The number of hydrogen-bond acceptors (Lipinski definition) is 4. The van der Waals surface area contributed by atoms with Crippen LogP contribution in [0.1, 0.15) is 43.0 Å². The number of fused-ring (bicyclic) bond motifs is 2. The molecule has 0 aliphatic carbocycles. The number of carbonyl (C=O) groups excluding carboxylic acids is 2. The number of piperazine rings is 1. The van der Waals surface area contributed by atoms with E-state index < -0.39 is 6.04 Å². The summed E-state index contributed by atoms with van der Waals surface area (Å²) >= 11 is 1.55. The van der Waals surface area contributed by atoms with Gasteiger partial charge in [0.2, 0.25) is 11.8 Å². The van der Waals surface area contributed by atoms with Gasteiger partial charge in [0, 0.05) is 36.5 Å². The van der Waals surface area contributed by atoms with Crippen LogP contribution in [0.15, 0.2) is 17.5 Å². The first-order valence-electron chi connectivity index (χ1n) is 8.57. The average molecular weight is 333 g/mol. The summed E-state index contributed by atoms with van der Waals surface area (Å²) in [5.41, 5.74) is 0. The molecule has 23 heavy (non-hydrogen) atoms. The minimum atomic E-state index is -0.435. The summed E-state index contributed by atoms with van der Waals surface area (Å²) in [6.07, 6.45) is 5.29. The molecule has 3 fully saturated rings. The maximum Gasteiger partial charge on any atom is 0.248 e. The van der Waals surface area contributed by atoms with Gasteiger partial charge in [-0.2, -0.15) is 0 Å². The normalized spacial score (nSPS) is 33.6. The third-order valence-electron chi connectivity index (χ3n) is 5.38. The van der Waals surface area contributed by atoms with Crippen LogP contribution in [0, 0.1) is 5.92 Å². The van der Waals surface area contributed by atoms with Gasteiger partial charge in [-0.05, 0) is 43.0 Å². The molecular weight excluding hydrogens is 310 g/mol. The molecule has 0 saturated carbocycles. The Kier molecular flexibility index (Phi) is 4.11. The Bertz CT molecular complexity index is 577. The zero-order valence-electron chi connectivity index (χ0n) is 13.2. The van der Waals surface area contributed by atoms with Crippen molar-refractivity contribution in [1.29, 1.82) is 0 Å². The predicted octanol–water partition coefficient (Wildman–Crippen LogP) is 1.67. The quantitative estimate of drug-likeness (QED) is 0.884. The lowest BCUT2D eigenvalue weighted by Crippen LogP contribution is -2.52. The lowest BCUT2D eigenvalue weighted by atomic mass is 9.89. The van der Waals surface area contributed by atoms with Gasteiger partial charge < -0.3 is 15.5 Å². The minimum Gasteiger partial charge on any atom is -0.352 e. The Morgan fingerprint density at radius 3 is 2.78 bits per heavy atom. The molecule has 3 saturated heterocycles. The molecule has 1 aromatic heterocycles. The summed E-state index contributed by atoms with van der Waals surface area (Å²) in [5.74, 6) is 0.567. The summed E-state index contributed by atoms with van der Waals surface area (Å²) in [5, 5.41) is 8.48. The molecule has 3 unspecified atom stereocenters. The zero-order chi connectivity index (χ0) is 15.8. The monoisotopic (exact) mass is 333 g/mol. The van der Waals surface area contributed by atoms with Crippen molar-refractivity contribution in [2.24, 2.45) is 5.92 Å². The smallest absolute Gasteiger partial charge is 0.248 e. The minimum absolute atomic E-state index is 0.0440. The Morgan fingerprint density at radius 1 is 1.30 bits per heavy atom. The van der Waals surface area contributed by atoms with E-state index in [1.807, 2.05) is 17.5 Å². The van der Waals surface area contributed by atoms with E-state index in [0.29, 0.717) is 37.5 Å². The zero-order valence-corrected chi connectivity index (χ0v) is 14.0. The van der Waals surface area contributed by atoms with E-state index in [1.165, 1.54) is 12.8 Å². The molecule has 0 spiro atoms. The molecule has 3 aliphatic rings. The first-order valence-corrected chi connectivity index (χ1v) is 9.45. The molecule has 6 heteroatoms. The van der Waals surface area contributed by atoms with E-state index in [2.05, 4.69) is 10.6 Å². The van der Waals surface area contributed by atoms with Gasteiger partial charge in [0.15, 0.2) is 0 Å². The largest absolute Gasteiger partial charge is 0.352 e. The van der Waals surface area contributed by atoms with Crippen molar-refractivity contribution >= 4 is 23.2 Å². The highest BCUT2D eigenvalue weighted by molar-refractivity contribution is 7.10. The average Bonchev–Trinajstić information content (AvgIpc) is 3.17. The van der Waals surface area contributed by atoms with E-state index in [0.717, 1.165) is 17.7 Å². The molecule has 0 radical (unpaired) electrons. The molecule has 0 aromatic carbocycles. The van der Waals surface area contributed by atoms with Crippen LogP contribution in [0.5, 0.6) is 0 Å². The fourth-order valence-corrected chi connectivity index (χ4v) is 5.21. The van der Waals surface area contributed by atoms with Gasteiger partial charge in [-0.15, -0.1) is 11.3 Å². The molecule has 5 nitrogen and oxygen atoms in total. The van der Waals surface area contributed by atoms with Crippen LogP contribution in [0.2, 0.25) is 0 Å². The number of rotatable bonds is 3. The van der Waals surface area contributed by atoms with E-state index in [4.69, 9.17) is 0 Å². The Balaban J connectivity index is 1.46. The Hall–Kier alpha value is -1.40. The maximum absolute atomic E-state index is 12.9. The van der Waals surface area contributed by atoms with Crippen molar-refractivity contribution < 1.29 is 9.59 Å². The highest BCUT2D eigenvalue weighted by Gasteiger charge is 2.38. The van der Waals surface area contributed by atoms with Crippen molar-refractivity contribution in [3.63, 3.8) is 0 Å². The summed E-state index contributed by atoms with van der Waals surface area (Å²) in [6.45, 7) is 1.18. The van der Waals surface area contributed by atoms with Gasteiger partial charge in [-0.3, -0.25) is 9.59 Å². The van der Waals surface area contributed by atoms with Crippen LogP contribution < -0.4 is 10.6 Å². The number of amides is 2. The Morgan fingerprint density at radius 2 is 2.09 bits per heavy atom. The van der Waals surface area contributed by atoms with Crippen LogP contribution in [0.4, 0.5) is 0 Å². The Labute approximate surface area is 140 Å². The van der Waals surface area contributed by atoms with E-state index in [-0.39, 0.29) is 11.8 Å². The van der Waals surface area contributed by atoms with Crippen molar-refractivity contribution in [2.45, 2.75) is 50.2 Å². The van der Waals surface area contributed by atoms with Gasteiger partial charge in [0.1, 0.15) is 6.04 Å². The van der Waals surface area contributed by atoms with Crippen LogP contribution in [-0.4, -0.2) is 41.9 Å². The molecule has 4 rings (SSSR count). The maximum atomic E-state index is 12.9.